The van der Waals surface area contributed by atoms with Gasteiger partial charge in [0.1, 0.15) is 18.0 Å². The summed E-state index contributed by atoms with van der Waals surface area (Å²) >= 11 is 0. The normalized spacial score (nSPS) is 27.1. The van der Waals surface area contributed by atoms with Crippen molar-refractivity contribution in [3.63, 3.8) is 0 Å². The van der Waals surface area contributed by atoms with Gasteiger partial charge in [-0.2, -0.15) is 0 Å². The molecule has 0 unspecified atom stereocenters. The molecule has 1 heterocycles. The number of aliphatic hydroxyl groups is 1. The van der Waals surface area contributed by atoms with Gasteiger partial charge in [0.2, 0.25) is 0 Å². The maximum atomic E-state index is 11.0. The largest absolute Gasteiger partial charge is 0.508 e. The number of carbonyl (C=O) groups excluding carboxylic acids is 1. The van der Waals surface area contributed by atoms with E-state index in [1.54, 1.807) is 12.1 Å². The minimum atomic E-state index is -0.670. The molecule has 0 radical (unpaired) electrons. The molecule has 0 amide bonds. The van der Waals surface area contributed by atoms with Crippen LogP contribution in [0.25, 0.3) is 0 Å². The van der Waals surface area contributed by atoms with Crippen molar-refractivity contribution < 1.29 is 19.7 Å². The van der Waals surface area contributed by atoms with E-state index in [1.807, 2.05) is 12.1 Å². The summed E-state index contributed by atoms with van der Waals surface area (Å²) in [6, 6.07) is 6.75. The van der Waals surface area contributed by atoms with Crippen molar-refractivity contribution in [3.05, 3.63) is 29.8 Å². The lowest BCUT2D eigenvalue weighted by Gasteiger charge is -2.21. The Morgan fingerprint density at radius 3 is 2.72 bits per heavy atom. The number of esters is 1. The van der Waals surface area contributed by atoms with E-state index in [0.29, 0.717) is 13.0 Å². The predicted molar refractivity (Wildman–Crippen MR) is 65.2 cm³/mol. The van der Waals surface area contributed by atoms with Gasteiger partial charge in [0.15, 0.2) is 0 Å². The van der Waals surface area contributed by atoms with Gasteiger partial charge in [0.05, 0.1) is 6.04 Å². The summed E-state index contributed by atoms with van der Waals surface area (Å²) in [6.45, 7) is 1.75. The molecule has 98 valence electrons. The molecular weight excluding hydrogens is 234 g/mol. The summed E-state index contributed by atoms with van der Waals surface area (Å²) in [5, 5.41) is 22.1. The third-order valence-corrected chi connectivity index (χ3v) is 3.06. The molecular formula is C13H17NO4. The Labute approximate surface area is 105 Å². The average Bonchev–Trinajstić information content (AvgIpc) is 2.64. The zero-order chi connectivity index (χ0) is 13.1. The Morgan fingerprint density at radius 1 is 1.44 bits per heavy atom. The van der Waals surface area contributed by atoms with Crippen LogP contribution in [-0.4, -0.2) is 41.0 Å². The van der Waals surface area contributed by atoms with Crippen molar-refractivity contribution in [2.24, 2.45) is 0 Å². The third-order valence-electron chi connectivity index (χ3n) is 3.06. The van der Waals surface area contributed by atoms with Crippen molar-refractivity contribution in [3.8, 4) is 5.75 Å². The standard InChI is InChI=1S/C13H17NO4/c1-8(15)18-13-11(14-7-12(13)17)6-9-2-4-10(16)5-3-9/h2-5,11-14,16-17H,6-7H2,1H3/t11-,12+,13+/m1/s1. The van der Waals surface area contributed by atoms with Gasteiger partial charge < -0.3 is 20.3 Å². The molecule has 18 heavy (non-hydrogen) atoms. The second-order valence-electron chi connectivity index (χ2n) is 4.53. The van der Waals surface area contributed by atoms with Crippen LogP contribution in [0.15, 0.2) is 24.3 Å². The van der Waals surface area contributed by atoms with E-state index in [-0.39, 0.29) is 11.8 Å². The Balaban J connectivity index is 2.03. The Bertz CT molecular complexity index is 418. The first-order valence-electron chi connectivity index (χ1n) is 5.93. The van der Waals surface area contributed by atoms with Crippen LogP contribution in [0.4, 0.5) is 0 Å². The number of hydrogen-bond donors (Lipinski definition) is 3. The number of hydrogen-bond acceptors (Lipinski definition) is 5. The first-order valence-corrected chi connectivity index (χ1v) is 5.93. The number of nitrogens with one attached hydrogen (secondary N) is 1. The molecule has 1 aromatic rings. The van der Waals surface area contributed by atoms with Crippen molar-refractivity contribution in [2.75, 3.05) is 6.54 Å². The molecule has 1 aliphatic rings. The van der Waals surface area contributed by atoms with Crippen LogP contribution in [0.3, 0.4) is 0 Å². The molecule has 1 fully saturated rings. The fourth-order valence-corrected chi connectivity index (χ4v) is 2.20. The van der Waals surface area contributed by atoms with Crippen LogP contribution >= 0.6 is 0 Å². The van der Waals surface area contributed by atoms with Gasteiger partial charge in [0, 0.05) is 13.5 Å². The molecule has 1 aliphatic heterocycles. The lowest BCUT2D eigenvalue weighted by atomic mass is 10.0. The van der Waals surface area contributed by atoms with Gasteiger partial charge in [-0.15, -0.1) is 0 Å². The van der Waals surface area contributed by atoms with Gasteiger partial charge in [-0.25, -0.2) is 0 Å². The van der Waals surface area contributed by atoms with Crippen molar-refractivity contribution in [2.45, 2.75) is 31.6 Å². The summed E-state index contributed by atoms with van der Waals surface area (Å²) in [4.78, 5) is 11.0. The monoisotopic (exact) mass is 251 g/mol. The number of aliphatic hydroxyl groups excluding tert-OH is 1. The highest BCUT2D eigenvalue weighted by molar-refractivity contribution is 5.66. The molecule has 1 saturated heterocycles. The first kappa shape index (κ1) is 12.9. The van der Waals surface area contributed by atoms with Crippen LogP contribution < -0.4 is 5.32 Å². The van der Waals surface area contributed by atoms with E-state index >= 15 is 0 Å². The van der Waals surface area contributed by atoms with E-state index < -0.39 is 18.2 Å². The lowest BCUT2D eigenvalue weighted by molar-refractivity contribution is -0.151. The van der Waals surface area contributed by atoms with Gasteiger partial charge in [-0.05, 0) is 24.1 Å². The van der Waals surface area contributed by atoms with E-state index in [4.69, 9.17) is 4.74 Å². The van der Waals surface area contributed by atoms with Crippen molar-refractivity contribution in [1.82, 2.24) is 5.32 Å². The number of carbonyl (C=O) groups is 1. The average molecular weight is 251 g/mol. The highest BCUT2D eigenvalue weighted by atomic mass is 16.6. The second-order valence-corrected chi connectivity index (χ2v) is 4.53. The molecule has 0 spiro atoms. The van der Waals surface area contributed by atoms with Gasteiger partial charge in [0.25, 0.3) is 0 Å². The summed E-state index contributed by atoms with van der Waals surface area (Å²) in [5.74, 6) is -0.173. The number of β-amino-alcohol motifs (C(OH)–C–C–N with tert-alkyl or cyclic N) is 1. The Kier molecular flexibility index (Phi) is 3.84. The minimum Gasteiger partial charge on any atom is -0.508 e. The Hall–Kier alpha value is -1.59. The molecule has 0 aliphatic carbocycles. The van der Waals surface area contributed by atoms with E-state index in [0.717, 1.165) is 5.56 Å². The highest BCUT2D eigenvalue weighted by Crippen LogP contribution is 2.18. The van der Waals surface area contributed by atoms with Crippen LogP contribution in [0, 0.1) is 0 Å². The van der Waals surface area contributed by atoms with E-state index in [1.165, 1.54) is 6.92 Å². The fourth-order valence-electron chi connectivity index (χ4n) is 2.20. The molecule has 5 nitrogen and oxygen atoms in total. The molecule has 3 N–H and O–H groups in total. The summed E-state index contributed by atoms with van der Waals surface area (Å²) in [6.07, 6.45) is -0.553. The number of ether oxygens (including phenoxy) is 1. The fraction of sp³-hybridized carbons (Fsp3) is 0.462. The number of aromatic hydroxyl groups is 1. The third kappa shape index (κ3) is 3.00. The van der Waals surface area contributed by atoms with E-state index in [2.05, 4.69) is 5.32 Å². The van der Waals surface area contributed by atoms with Crippen LogP contribution in [0.5, 0.6) is 5.75 Å². The highest BCUT2D eigenvalue weighted by Gasteiger charge is 2.37. The number of benzene rings is 1. The quantitative estimate of drug-likeness (QED) is 0.669. The first-order chi connectivity index (χ1) is 8.56. The number of phenols is 1. The smallest absolute Gasteiger partial charge is 0.303 e. The summed E-state index contributed by atoms with van der Waals surface area (Å²) in [5.41, 5.74) is 1.01. The predicted octanol–water partition coefficient (Wildman–Crippen LogP) is 0.199. The SMILES string of the molecule is CC(=O)O[C@@H]1[C@@H](O)CN[C@@H]1Cc1ccc(O)cc1. The molecule has 2 rings (SSSR count). The molecule has 1 aromatic carbocycles. The summed E-state index contributed by atoms with van der Waals surface area (Å²) in [7, 11) is 0. The van der Waals surface area contributed by atoms with Gasteiger partial charge in [-0.3, -0.25) is 4.79 Å². The van der Waals surface area contributed by atoms with Crippen LogP contribution in [0.1, 0.15) is 12.5 Å². The maximum Gasteiger partial charge on any atom is 0.303 e. The molecule has 0 aromatic heterocycles. The molecule has 5 heteroatoms. The summed E-state index contributed by atoms with van der Waals surface area (Å²) < 4.78 is 5.13. The van der Waals surface area contributed by atoms with Crippen LogP contribution in [0.2, 0.25) is 0 Å². The Morgan fingerprint density at radius 2 is 2.11 bits per heavy atom. The molecule has 3 atom stereocenters. The van der Waals surface area contributed by atoms with Gasteiger partial charge in [-0.1, -0.05) is 12.1 Å². The van der Waals surface area contributed by atoms with Crippen molar-refractivity contribution in [1.29, 1.82) is 0 Å². The topological polar surface area (TPSA) is 78.8 Å². The second kappa shape index (κ2) is 5.37. The zero-order valence-electron chi connectivity index (χ0n) is 10.2. The molecule has 0 bridgehead atoms. The maximum absolute atomic E-state index is 11.0. The lowest BCUT2D eigenvalue weighted by Crippen LogP contribution is -2.38. The number of rotatable bonds is 3. The minimum absolute atomic E-state index is 0.103. The van der Waals surface area contributed by atoms with E-state index in [9.17, 15) is 15.0 Å². The van der Waals surface area contributed by atoms with Crippen LogP contribution in [-0.2, 0) is 16.0 Å². The van der Waals surface area contributed by atoms with Gasteiger partial charge >= 0.3 is 5.97 Å². The molecule has 0 saturated carbocycles. The van der Waals surface area contributed by atoms with Crippen molar-refractivity contribution >= 4 is 5.97 Å². The zero-order valence-corrected chi connectivity index (χ0v) is 10.2. The number of phenolic OH excluding ortho intramolecular Hbond substituents is 1.